The minimum absolute atomic E-state index is 0.0414. The SMILES string of the molecule is Cc1c(C#N)c(N2CCN(C=O)C(C)C2)nc(C2CC2)c1-c1cccnc1F. The lowest BCUT2D eigenvalue weighted by Crippen LogP contribution is -2.51. The molecule has 1 aliphatic carbocycles. The van der Waals surface area contributed by atoms with Crippen LogP contribution < -0.4 is 4.90 Å². The molecule has 4 rings (SSSR count). The van der Waals surface area contributed by atoms with Crippen molar-refractivity contribution >= 4 is 12.2 Å². The van der Waals surface area contributed by atoms with Crippen molar-refractivity contribution in [3.63, 3.8) is 0 Å². The van der Waals surface area contributed by atoms with Crippen LogP contribution in [-0.4, -0.2) is 47.0 Å². The van der Waals surface area contributed by atoms with E-state index in [4.69, 9.17) is 4.98 Å². The maximum absolute atomic E-state index is 14.5. The number of amides is 1. The van der Waals surface area contributed by atoms with Crippen molar-refractivity contribution < 1.29 is 9.18 Å². The van der Waals surface area contributed by atoms with E-state index in [0.717, 1.165) is 30.5 Å². The van der Waals surface area contributed by atoms with Gasteiger partial charge in [-0.05, 0) is 44.4 Å². The second-order valence-electron chi connectivity index (χ2n) is 7.56. The Morgan fingerprint density at radius 1 is 1.36 bits per heavy atom. The molecule has 1 unspecified atom stereocenters. The molecule has 6 nitrogen and oxygen atoms in total. The van der Waals surface area contributed by atoms with E-state index in [-0.39, 0.29) is 12.0 Å². The molecule has 1 aliphatic heterocycles. The zero-order valence-corrected chi connectivity index (χ0v) is 16.0. The van der Waals surface area contributed by atoms with Crippen LogP contribution in [0.15, 0.2) is 18.3 Å². The molecule has 0 bridgehead atoms. The Morgan fingerprint density at radius 2 is 2.14 bits per heavy atom. The average molecular weight is 379 g/mol. The van der Waals surface area contributed by atoms with E-state index in [1.54, 1.807) is 17.0 Å². The van der Waals surface area contributed by atoms with Crippen LogP contribution in [-0.2, 0) is 4.79 Å². The molecule has 0 aromatic carbocycles. The molecule has 2 aromatic heterocycles. The molecular weight excluding hydrogens is 357 g/mol. The second-order valence-corrected chi connectivity index (χ2v) is 7.56. The minimum atomic E-state index is -0.542. The van der Waals surface area contributed by atoms with Crippen molar-refractivity contribution in [3.05, 3.63) is 41.1 Å². The van der Waals surface area contributed by atoms with Gasteiger partial charge in [0.2, 0.25) is 12.4 Å². The zero-order chi connectivity index (χ0) is 19.8. The molecule has 144 valence electrons. The number of anilines is 1. The molecule has 0 radical (unpaired) electrons. The van der Waals surface area contributed by atoms with Crippen molar-refractivity contribution in [1.29, 1.82) is 5.26 Å². The van der Waals surface area contributed by atoms with Crippen molar-refractivity contribution in [1.82, 2.24) is 14.9 Å². The highest BCUT2D eigenvalue weighted by Crippen LogP contribution is 2.46. The first kappa shape index (κ1) is 18.4. The van der Waals surface area contributed by atoms with Gasteiger partial charge < -0.3 is 9.80 Å². The van der Waals surface area contributed by atoms with Crippen molar-refractivity contribution in [2.75, 3.05) is 24.5 Å². The molecule has 0 spiro atoms. The van der Waals surface area contributed by atoms with Crippen LogP contribution in [0, 0.1) is 24.2 Å². The van der Waals surface area contributed by atoms with Crippen LogP contribution in [0.2, 0.25) is 0 Å². The van der Waals surface area contributed by atoms with E-state index in [9.17, 15) is 14.4 Å². The van der Waals surface area contributed by atoms with E-state index in [0.29, 0.717) is 42.1 Å². The first-order valence-corrected chi connectivity index (χ1v) is 9.56. The third-order valence-corrected chi connectivity index (χ3v) is 5.67. The normalized spacial score (nSPS) is 19.4. The fraction of sp³-hybridized carbons (Fsp3) is 0.429. The highest BCUT2D eigenvalue weighted by Gasteiger charge is 2.34. The summed E-state index contributed by atoms with van der Waals surface area (Å²) in [6.07, 6.45) is 4.33. The highest BCUT2D eigenvalue weighted by molar-refractivity contribution is 5.77. The molecule has 2 aromatic rings. The third-order valence-electron chi connectivity index (χ3n) is 5.67. The Bertz CT molecular complexity index is 966. The minimum Gasteiger partial charge on any atom is -0.352 e. The maximum atomic E-state index is 14.5. The molecule has 28 heavy (non-hydrogen) atoms. The average Bonchev–Trinajstić information content (AvgIpc) is 3.53. The molecule has 2 aliphatic rings. The fourth-order valence-electron chi connectivity index (χ4n) is 3.96. The zero-order valence-electron chi connectivity index (χ0n) is 16.0. The molecular formula is C21H22FN5O. The van der Waals surface area contributed by atoms with Gasteiger partial charge in [0.05, 0.1) is 11.3 Å². The molecule has 1 saturated carbocycles. The van der Waals surface area contributed by atoms with Crippen LogP contribution >= 0.6 is 0 Å². The number of pyridine rings is 2. The number of hydrogen-bond acceptors (Lipinski definition) is 5. The topological polar surface area (TPSA) is 73.1 Å². The summed E-state index contributed by atoms with van der Waals surface area (Å²) in [5.74, 6) is 0.389. The first-order valence-electron chi connectivity index (χ1n) is 9.56. The fourth-order valence-corrected chi connectivity index (χ4v) is 3.96. The van der Waals surface area contributed by atoms with Crippen LogP contribution in [0.4, 0.5) is 10.2 Å². The summed E-state index contributed by atoms with van der Waals surface area (Å²) in [5, 5.41) is 9.89. The van der Waals surface area contributed by atoms with E-state index in [1.165, 1.54) is 6.20 Å². The summed E-state index contributed by atoms with van der Waals surface area (Å²) >= 11 is 0. The summed E-state index contributed by atoms with van der Waals surface area (Å²) < 4.78 is 14.5. The number of hydrogen-bond donors (Lipinski definition) is 0. The predicted octanol–water partition coefficient (Wildman–Crippen LogP) is 3.01. The molecule has 1 atom stereocenters. The molecule has 3 heterocycles. The van der Waals surface area contributed by atoms with E-state index < -0.39 is 5.95 Å². The van der Waals surface area contributed by atoms with Crippen molar-refractivity contribution in [2.24, 2.45) is 0 Å². The number of halogens is 1. The predicted molar refractivity (Wildman–Crippen MR) is 103 cm³/mol. The van der Waals surface area contributed by atoms with Crippen LogP contribution in [0.3, 0.4) is 0 Å². The summed E-state index contributed by atoms with van der Waals surface area (Å²) in [6, 6.07) is 5.73. The van der Waals surface area contributed by atoms with Gasteiger partial charge in [-0.1, -0.05) is 0 Å². The number of rotatable bonds is 4. The van der Waals surface area contributed by atoms with Gasteiger partial charge in [-0.3, -0.25) is 4.79 Å². The van der Waals surface area contributed by atoms with Crippen molar-refractivity contribution in [2.45, 2.75) is 38.6 Å². The number of aromatic nitrogens is 2. The quantitative estimate of drug-likeness (QED) is 0.603. The van der Waals surface area contributed by atoms with Gasteiger partial charge in [-0.2, -0.15) is 9.65 Å². The van der Waals surface area contributed by atoms with Crippen molar-refractivity contribution in [3.8, 4) is 17.2 Å². The monoisotopic (exact) mass is 379 g/mol. The lowest BCUT2D eigenvalue weighted by molar-refractivity contribution is -0.120. The van der Waals surface area contributed by atoms with Gasteiger partial charge >= 0.3 is 0 Å². The first-order chi connectivity index (χ1) is 13.5. The molecule has 0 N–H and O–H groups in total. The summed E-state index contributed by atoms with van der Waals surface area (Å²) in [5.41, 5.74) is 3.16. The van der Waals surface area contributed by atoms with Crippen LogP contribution in [0.1, 0.15) is 42.5 Å². The van der Waals surface area contributed by atoms with E-state index in [1.807, 2.05) is 13.8 Å². The summed E-state index contributed by atoms with van der Waals surface area (Å²) in [4.78, 5) is 23.7. The Labute approximate surface area is 163 Å². The lowest BCUT2D eigenvalue weighted by atomic mass is 9.94. The summed E-state index contributed by atoms with van der Waals surface area (Å²) in [6.45, 7) is 5.68. The largest absolute Gasteiger partial charge is 0.352 e. The Hall–Kier alpha value is -3.01. The number of piperazine rings is 1. The third kappa shape index (κ3) is 3.09. The van der Waals surface area contributed by atoms with Crippen LogP contribution in [0.5, 0.6) is 0 Å². The molecule has 1 saturated heterocycles. The van der Waals surface area contributed by atoms with Gasteiger partial charge in [-0.15, -0.1) is 0 Å². The molecule has 2 fully saturated rings. The standard InChI is InChI=1S/C21H22FN5O/c1-13-11-26(8-9-27(13)12-28)21-17(10-23)14(2)18(19(25-21)15-5-6-15)16-4-3-7-24-20(16)22/h3-4,7,12-13,15H,5-6,8-9,11H2,1-2H3. The Kier molecular flexibility index (Phi) is 4.71. The van der Waals surface area contributed by atoms with E-state index >= 15 is 0 Å². The van der Waals surface area contributed by atoms with E-state index in [2.05, 4.69) is 16.0 Å². The maximum Gasteiger partial charge on any atom is 0.220 e. The molecule has 1 amide bonds. The van der Waals surface area contributed by atoms with Gasteiger partial charge in [0, 0.05) is 48.9 Å². The number of carbonyl (C=O) groups is 1. The number of nitrogens with zero attached hydrogens (tertiary/aromatic N) is 5. The Balaban J connectivity index is 1.85. The highest BCUT2D eigenvalue weighted by atomic mass is 19.1. The number of carbonyl (C=O) groups excluding carboxylic acids is 1. The van der Waals surface area contributed by atoms with Gasteiger partial charge in [0.25, 0.3) is 0 Å². The van der Waals surface area contributed by atoms with Gasteiger partial charge in [0.1, 0.15) is 11.9 Å². The second kappa shape index (κ2) is 7.19. The Morgan fingerprint density at radius 3 is 2.75 bits per heavy atom. The summed E-state index contributed by atoms with van der Waals surface area (Å²) in [7, 11) is 0. The van der Waals surface area contributed by atoms with Crippen LogP contribution in [0.25, 0.3) is 11.1 Å². The lowest BCUT2D eigenvalue weighted by Gasteiger charge is -2.39. The molecule has 7 heteroatoms. The van der Waals surface area contributed by atoms with Gasteiger partial charge in [0.15, 0.2) is 0 Å². The number of nitriles is 1. The van der Waals surface area contributed by atoms with Gasteiger partial charge in [-0.25, -0.2) is 9.97 Å². The smallest absolute Gasteiger partial charge is 0.220 e.